The lowest BCUT2D eigenvalue weighted by Crippen LogP contribution is -2.36. The highest BCUT2D eigenvalue weighted by atomic mass is 16.5. The van der Waals surface area contributed by atoms with Crippen molar-refractivity contribution in [3.05, 3.63) is 23.4 Å². The van der Waals surface area contributed by atoms with Crippen molar-refractivity contribution in [3.8, 4) is 0 Å². The van der Waals surface area contributed by atoms with Crippen LogP contribution in [-0.4, -0.2) is 37.2 Å². The van der Waals surface area contributed by atoms with Crippen LogP contribution in [0.4, 0.5) is 5.82 Å². The van der Waals surface area contributed by atoms with E-state index in [0.717, 1.165) is 37.7 Å². The normalized spacial score (nSPS) is 16.2. The van der Waals surface area contributed by atoms with Crippen molar-refractivity contribution in [2.24, 2.45) is 5.73 Å². The van der Waals surface area contributed by atoms with Gasteiger partial charge in [-0.15, -0.1) is 0 Å². The van der Waals surface area contributed by atoms with Crippen LogP contribution in [0.25, 0.3) is 0 Å². The van der Waals surface area contributed by atoms with Crippen LogP contribution < -0.4 is 10.6 Å². The number of morpholine rings is 1. The van der Waals surface area contributed by atoms with Crippen molar-refractivity contribution in [2.45, 2.75) is 6.92 Å². The number of pyridine rings is 1. The minimum absolute atomic E-state index is 0.432. The van der Waals surface area contributed by atoms with Crippen molar-refractivity contribution in [1.29, 1.82) is 0 Å². The summed E-state index contributed by atoms with van der Waals surface area (Å²) in [6.45, 7) is 4.98. The zero-order valence-electron chi connectivity index (χ0n) is 9.27. The van der Waals surface area contributed by atoms with E-state index in [0.29, 0.717) is 5.56 Å². The third kappa shape index (κ3) is 2.14. The standard InChI is InChI=1S/C11H15N3O2/c1-8-6-10(13-7-9(8)11(12)15)14-2-4-16-5-3-14/h6-7H,2-5H2,1H3,(H2,12,15). The van der Waals surface area contributed by atoms with Crippen molar-refractivity contribution >= 4 is 11.7 Å². The van der Waals surface area contributed by atoms with Crippen LogP contribution in [0.3, 0.4) is 0 Å². The fraction of sp³-hybridized carbons (Fsp3) is 0.455. The SMILES string of the molecule is Cc1cc(N2CCOCC2)ncc1C(N)=O. The van der Waals surface area contributed by atoms with E-state index in [1.807, 2.05) is 13.0 Å². The predicted molar refractivity (Wildman–Crippen MR) is 60.5 cm³/mol. The van der Waals surface area contributed by atoms with Gasteiger partial charge in [-0.1, -0.05) is 0 Å². The fourth-order valence-corrected chi connectivity index (χ4v) is 1.76. The first-order valence-electron chi connectivity index (χ1n) is 5.27. The Bertz CT molecular complexity index is 400. The maximum Gasteiger partial charge on any atom is 0.250 e. The highest BCUT2D eigenvalue weighted by Crippen LogP contribution is 2.16. The third-order valence-electron chi connectivity index (χ3n) is 2.70. The average molecular weight is 221 g/mol. The summed E-state index contributed by atoms with van der Waals surface area (Å²) >= 11 is 0. The van der Waals surface area contributed by atoms with Gasteiger partial charge in [0.25, 0.3) is 5.91 Å². The largest absolute Gasteiger partial charge is 0.378 e. The van der Waals surface area contributed by atoms with E-state index in [9.17, 15) is 4.79 Å². The number of aryl methyl sites for hydroxylation is 1. The molecule has 1 aliphatic rings. The van der Waals surface area contributed by atoms with Crippen molar-refractivity contribution in [1.82, 2.24) is 4.98 Å². The second-order valence-electron chi connectivity index (χ2n) is 3.82. The number of carbonyl (C=O) groups is 1. The number of carbonyl (C=O) groups excluding carboxylic acids is 1. The Kier molecular flexibility index (Phi) is 3.05. The lowest BCUT2D eigenvalue weighted by Gasteiger charge is -2.28. The number of aromatic nitrogens is 1. The summed E-state index contributed by atoms with van der Waals surface area (Å²) in [4.78, 5) is 17.5. The monoisotopic (exact) mass is 221 g/mol. The molecular formula is C11H15N3O2. The third-order valence-corrected chi connectivity index (χ3v) is 2.70. The molecule has 0 aliphatic carbocycles. The maximum absolute atomic E-state index is 11.1. The lowest BCUT2D eigenvalue weighted by atomic mass is 10.1. The Morgan fingerprint density at radius 3 is 2.75 bits per heavy atom. The molecule has 86 valence electrons. The minimum atomic E-state index is -0.432. The highest BCUT2D eigenvalue weighted by Gasteiger charge is 2.14. The summed E-state index contributed by atoms with van der Waals surface area (Å²) < 4.78 is 5.27. The number of ether oxygens (including phenoxy) is 1. The van der Waals surface area contributed by atoms with Gasteiger partial charge >= 0.3 is 0 Å². The Balaban J connectivity index is 2.23. The second kappa shape index (κ2) is 4.49. The molecule has 0 bridgehead atoms. The van der Waals surface area contributed by atoms with Crippen LogP contribution >= 0.6 is 0 Å². The lowest BCUT2D eigenvalue weighted by molar-refractivity contribution is 0.0999. The van der Waals surface area contributed by atoms with Gasteiger partial charge in [0.1, 0.15) is 5.82 Å². The van der Waals surface area contributed by atoms with Crippen LogP contribution in [0.15, 0.2) is 12.3 Å². The van der Waals surface area contributed by atoms with Gasteiger partial charge in [0.2, 0.25) is 0 Å². The molecule has 0 saturated carbocycles. The maximum atomic E-state index is 11.1. The first kappa shape index (κ1) is 10.9. The van der Waals surface area contributed by atoms with Crippen molar-refractivity contribution < 1.29 is 9.53 Å². The molecule has 2 N–H and O–H groups in total. The van der Waals surface area contributed by atoms with Crippen LogP contribution in [0, 0.1) is 6.92 Å². The Labute approximate surface area is 94.2 Å². The van der Waals surface area contributed by atoms with E-state index < -0.39 is 5.91 Å². The van der Waals surface area contributed by atoms with Gasteiger partial charge in [0, 0.05) is 19.3 Å². The number of nitrogens with zero attached hydrogens (tertiary/aromatic N) is 2. The summed E-state index contributed by atoms with van der Waals surface area (Å²) in [5.74, 6) is 0.448. The van der Waals surface area contributed by atoms with Gasteiger partial charge in [0.05, 0.1) is 18.8 Å². The van der Waals surface area contributed by atoms with Crippen LogP contribution in [0.5, 0.6) is 0 Å². The molecule has 1 aromatic heterocycles. The minimum Gasteiger partial charge on any atom is -0.378 e. The molecule has 5 nitrogen and oxygen atoms in total. The number of hydrogen-bond donors (Lipinski definition) is 1. The van der Waals surface area contributed by atoms with Crippen molar-refractivity contribution in [3.63, 3.8) is 0 Å². The molecule has 2 rings (SSSR count). The molecule has 5 heteroatoms. The number of rotatable bonds is 2. The van der Waals surface area contributed by atoms with Crippen LogP contribution in [-0.2, 0) is 4.74 Å². The van der Waals surface area contributed by atoms with E-state index in [2.05, 4.69) is 9.88 Å². The molecule has 0 unspecified atom stereocenters. The van der Waals surface area contributed by atoms with Gasteiger partial charge in [-0.25, -0.2) is 4.98 Å². The molecule has 2 heterocycles. The van der Waals surface area contributed by atoms with Gasteiger partial charge in [-0.05, 0) is 18.6 Å². The average Bonchev–Trinajstić information content (AvgIpc) is 2.29. The summed E-state index contributed by atoms with van der Waals surface area (Å²) in [7, 11) is 0. The summed E-state index contributed by atoms with van der Waals surface area (Å²) in [5, 5.41) is 0. The van der Waals surface area contributed by atoms with Gasteiger partial charge in [-0.3, -0.25) is 4.79 Å². The molecule has 1 amide bonds. The summed E-state index contributed by atoms with van der Waals surface area (Å²) in [5.41, 5.74) is 6.58. The number of amides is 1. The smallest absolute Gasteiger partial charge is 0.250 e. The molecule has 1 aliphatic heterocycles. The van der Waals surface area contributed by atoms with Crippen molar-refractivity contribution in [2.75, 3.05) is 31.2 Å². The van der Waals surface area contributed by atoms with E-state index >= 15 is 0 Å². The summed E-state index contributed by atoms with van der Waals surface area (Å²) in [6.07, 6.45) is 1.54. The Hall–Kier alpha value is -1.62. The topological polar surface area (TPSA) is 68.4 Å². The Morgan fingerprint density at radius 1 is 1.50 bits per heavy atom. The van der Waals surface area contributed by atoms with Crippen LogP contribution in [0.2, 0.25) is 0 Å². The zero-order valence-corrected chi connectivity index (χ0v) is 9.27. The molecule has 16 heavy (non-hydrogen) atoms. The summed E-state index contributed by atoms with van der Waals surface area (Å²) in [6, 6.07) is 1.89. The van der Waals surface area contributed by atoms with Gasteiger partial charge in [0.15, 0.2) is 0 Å². The van der Waals surface area contributed by atoms with Gasteiger partial charge in [-0.2, -0.15) is 0 Å². The molecule has 0 radical (unpaired) electrons. The van der Waals surface area contributed by atoms with E-state index in [-0.39, 0.29) is 0 Å². The first-order valence-corrected chi connectivity index (χ1v) is 5.27. The Morgan fingerprint density at radius 2 is 2.19 bits per heavy atom. The number of primary amides is 1. The molecule has 0 spiro atoms. The van der Waals surface area contributed by atoms with E-state index in [1.165, 1.54) is 0 Å². The molecule has 1 aromatic rings. The fourth-order valence-electron chi connectivity index (χ4n) is 1.76. The number of anilines is 1. The van der Waals surface area contributed by atoms with Gasteiger partial charge < -0.3 is 15.4 Å². The van der Waals surface area contributed by atoms with Crippen LogP contribution in [0.1, 0.15) is 15.9 Å². The number of hydrogen-bond acceptors (Lipinski definition) is 4. The first-order chi connectivity index (χ1) is 7.68. The molecular weight excluding hydrogens is 206 g/mol. The second-order valence-corrected chi connectivity index (χ2v) is 3.82. The quantitative estimate of drug-likeness (QED) is 0.781. The van der Waals surface area contributed by atoms with E-state index in [1.54, 1.807) is 6.20 Å². The predicted octanol–water partition coefficient (Wildman–Crippen LogP) is 0.326. The molecule has 0 aromatic carbocycles. The molecule has 0 atom stereocenters. The zero-order chi connectivity index (χ0) is 11.5. The molecule has 1 fully saturated rings. The molecule has 1 saturated heterocycles. The highest BCUT2D eigenvalue weighted by molar-refractivity contribution is 5.94. The van der Waals surface area contributed by atoms with E-state index in [4.69, 9.17) is 10.5 Å². The number of nitrogens with two attached hydrogens (primary N) is 1.